The van der Waals surface area contributed by atoms with Crippen LogP contribution in [0, 0.1) is 0 Å². The Labute approximate surface area is 120 Å². The van der Waals surface area contributed by atoms with Gasteiger partial charge < -0.3 is 14.9 Å². The highest BCUT2D eigenvalue weighted by Gasteiger charge is 2.25. The van der Waals surface area contributed by atoms with Gasteiger partial charge in [0.1, 0.15) is 5.69 Å². The summed E-state index contributed by atoms with van der Waals surface area (Å²) in [6, 6.07) is 4.30. The van der Waals surface area contributed by atoms with E-state index in [0.717, 1.165) is 37.9 Å². The van der Waals surface area contributed by atoms with Crippen LogP contribution in [0.25, 0.3) is 0 Å². The predicted octanol–water partition coefficient (Wildman–Crippen LogP) is 1.52. The highest BCUT2D eigenvalue weighted by molar-refractivity contribution is 5.92. The molecule has 0 saturated carbocycles. The van der Waals surface area contributed by atoms with Crippen molar-refractivity contribution in [3.8, 4) is 0 Å². The standard InChI is InChI=1S/C15H23N3O2/c1-17(2)15(20)14-11-13(7-8-16-14)18-9-3-5-12(18)6-4-10-19/h7-8,11-12,19H,3-6,9-10H2,1-2H3. The minimum Gasteiger partial charge on any atom is -0.396 e. The van der Waals surface area contributed by atoms with Gasteiger partial charge in [-0.1, -0.05) is 0 Å². The molecular weight excluding hydrogens is 254 g/mol. The lowest BCUT2D eigenvalue weighted by atomic mass is 10.1. The van der Waals surface area contributed by atoms with Crippen molar-refractivity contribution in [3.05, 3.63) is 24.0 Å². The number of aromatic nitrogens is 1. The number of aliphatic hydroxyl groups is 1. The number of hydrogen-bond donors (Lipinski definition) is 1. The van der Waals surface area contributed by atoms with Crippen LogP contribution < -0.4 is 4.90 Å². The predicted molar refractivity (Wildman–Crippen MR) is 78.9 cm³/mol. The van der Waals surface area contributed by atoms with Gasteiger partial charge in [-0.25, -0.2) is 0 Å². The van der Waals surface area contributed by atoms with Gasteiger partial charge in [0.25, 0.3) is 5.91 Å². The molecule has 2 rings (SSSR count). The molecule has 20 heavy (non-hydrogen) atoms. The molecule has 1 atom stereocenters. The first-order chi connectivity index (χ1) is 9.63. The van der Waals surface area contributed by atoms with E-state index in [1.165, 1.54) is 0 Å². The maximum atomic E-state index is 12.0. The smallest absolute Gasteiger partial charge is 0.272 e. The van der Waals surface area contributed by atoms with Crippen LogP contribution in [0.2, 0.25) is 0 Å². The molecule has 0 aromatic carbocycles. The van der Waals surface area contributed by atoms with E-state index in [4.69, 9.17) is 5.11 Å². The Hall–Kier alpha value is -1.62. The lowest BCUT2D eigenvalue weighted by Crippen LogP contribution is -2.30. The van der Waals surface area contributed by atoms with E-state index in [0.29, 0.717) is 11.7 Å². The fourth-order valence-electron chi connectivity index (χ4n) is 2.75. The number of hydrogen-bond acceptors (Lipinski definition) is 4. The van der Waals surface area contributed by atoms with Crippen molar-refractivity contribution in [3.63, 3.8) is 0 Å². The number of pyridine rings is 1. The van der Waals surface area contributed by atoms with E-state index in [1.54, 1.807) is 25.2 Å². The number of nitrogens with zero attached hydrogens (tertiary/aromatic N) is 3. The van der Waals surface area contributed by atoms with E-state index in [2.05, 4.69) is 9.88 Å². The molecular formula is C15H23N3O2. The average Bonchev–Trinajstić information content (AvgIpc) is 2.92. The molecule has 5 nitrogen and oxygen atoms in total. The topological polar surface area (TPSA) is 56.7 Å². The zero-order chi connectivity index (χ0) is 14.5. The van der Waals surface area contributed by atoms with Gasteiger partial charge in [-0.2, -0.15) is 0 Å². The fourth-order valence-corrected chi connectivity index (χ4v) is 2.75. The monoisotopic (exact) mass is 277 g/mol. The maximum absolute atomic E-state index is 12.0. The molecule has 1 saturated heterocycles. The lowest BCUT2D eigenvalue weighted by molar-refractivity contribution is 0.0822. The largest absolute Gasteiger partial charge is 0.396 e. The number of carbonyl (C=O) groups is 1. The molecule has 0 spiro atoms. The van der Waals surface area contributed by atoms with Crippen molar-refractivity contribution >= 4 is 11.6 Å². The summed E-state index contributed by atoms with van der Waals surface area (Å²) in [5.41, 5.74) is 1.55. The Morgan fingerprint density at radius 2 is 2.35 bits per heavy atom. The van der Waals surface area contributed by atoms with Crippen LogP contribution in [0.5, 0.6) is 0 Å². The molecule has 1 unspecified atom stereocenters. The fraction of sp³-hybridized carbons (Fsp3) is 0.600. The second-order valence-electron chi connectivity index (χ2n) is 5.45. The van der Waals surface area contributed by atoms with Crippen LogP contribution >= 0.6 is 0 Å². The summed E-state index contributed by atoms with van der Waals surface area (Å²) in [5, 5.41) is 8.98. The Bertz CT molecular complexity index is 462. The zero-order valence-electron chi connectivity index (χ0n) is 12.2. The summed E-state index contributed by atoms with van der Waals surface area (Å²) < 4.78 is 0. The van der Waals surface area contributed by atoms with E-state index in [9.17, 15) is 4.79 Å². The van der Waals surface area contributed by atoms with Crippen LogP contribution in [-0.2, 0) is 0 Å². The van der Waals surface area contributed by atoms with Gasteiger partial charge in [0.05, 0.1) is 0 Å². The third-order valence-electron chi connectivity index (χ3n) is 3.77. The SMILES string of the molecule is CN(C)C(=O)c1cc(N2CCCC2CCCO)ccn1. The van der Waals surface area contributed by atoms with Crippen molar-refractivity contribution in [1.82, 2.24) is 9.88 Å². The molecule has 0 aliphatic carbocycles. The molecule has 1 aliphatic heterocycles. The summed E-state index contributed by atoms with van der Waals surface area (Å²) in [6.07, 6.45) is 5.84. The molecule has 1 aromatic rings. The summed E-state index contributed by atoms with van der Waals surface area (Å²) in [5.74, 6) is -0.0713. The Balaban J connectivity index is 2.15. The summed E-state index contributed by atoms with van der Waals surface area (Å²) in [4.78, 5) is 20.0. The molecule has 1 amide bonds. The second kappa shape index (κ2) is 6.70. The normalized spacial score (nSPS) is 18.4. The van der Waals surface area contributed by atoms with Crippen LogP contribution in [0.3, 0.4) is 0 Å². The van der Waals surface area contributed by atoms with E-state index in [-0.39, 0.29) is 12.5 Å². The van der Waals surface area contributed by atoms with Crippen LogP contribution in [0.4, 0.5) is 5.69 Å². The summed E-state index contributed by atoms with van der Waals surface area (Å²) in [7, 11) is 3.47. The van der Waals surface area contributed by atoms with Gasteiger partial charge in [0.2, 0.25) is 0 Å². The highest BCUT2D eigenvalue weighted by atomic mass is 16.3. The Morgan fingerprint density at radius 1 is 1.55 bits per heavy atom. The number of rotatable bonds is 5. The third kappa shape index (κ3) is 3.28. The molecule has 0 bridgehead atoms. The lowest BCUT2D eigenvalue weighted by Gasteiger charge is -2.27. The molecule has 0 radical (unpaired) electrons. The molecule has 1 aliphatic rings. The quantitative estimate of drug-likeness (QED) is 0.886. The first kappa shape index (κ1) is 14.8. The summed E-state index contributed by atoms with van der Waals surface area (Å²) >= 11 is 0. The van der Waals surface area contributed by atoms with E-state index < -0.39 is 0 Å². The molecule has 1 N–H and O–H groups in total. The van der Waals surface area contributed by atoms with E-state index >= 15 is 0 Å². The van der Waals surface area contributed by atoms with Crippen LogP contribution in [0.1, 0.15) is 36.2 Å². The number of anilines is 1. The minimum atomic E-state index is -0.0713. The molecule has 5 heteroatoms. The van der Waals surface area contributed by atoms with Crippen molar-refractivity contribution in [1.29, 1.82) is 0 Å². The number of carbonyl (C=O) groups excluding carboxylic acids is 1. The van der Waals surface area contributed by atoms with Crippen molar-refractivity contribution in [2.75, 3.05) is 32.1 Å². The van der Waals surface area contributed by atoms with Gasteiger partial charge in [-0.15, -0.1) is 0 Å². The van der Waals surface area contributed by atoms with Crippen molar-refractivity contribution < 1.29 is 9.90 Å². The van der Waals surface area contributed by atoms with Gasteiger partial charge in [-0.3, -0.25) is 9.78 Å². The maximum Gasteiger partial charge on any atom is 0.272 e. The Kier molecular flexibility index (Phi) is 4.95. The Morgan fingerprint density at radius 3 is 3.05 bits per heavy atom. The minimum absolute atomic E-state index is 0.0713. The van der Waals surface area contributed by atoms with Gasteiger partial charge in [0, 0.05) is 45.2 Å². The van der Waals surface area contributed by atoms with E-state index in [1.807, 2.05) is 12.1 Å². The highest BCUT2D eigenvalue weighted by Crippen LogP contribution is 2.28. The first-order valence-corrected chi connectivity index (χ1v) is 7.18. The van der Waals surface area contributed by atoms with Crippen LogP contribution in [0.15, 0.2) is 18.3 Å². The zero-order valence-corrected chi connectivity index (χ0v) is 12.2. The van der Waals surface area contributed by atoms with Gasteiger partial charge in [-0.05, 0) is 37.8 Å². The average molecular weight is 277 g/mol. The number of aliphatic hydroxyl groups excluding tert-OH is 1. The van der Waals surface area contributed by atoms with Crippen LogP contribution in [-0.4, -0.2) is 54.2 Å². The number of amides is 1. The first-order valence-electron chi connectivity index (χ1n) is 7.18. The second-order valence-corrected chi connectivity index (χ2v) is 5.45. The van der Waals surface area contributed by atoms with Crippen molar-refractivity contribution in [2.45, 2.75) is 31.7 Å². The molecule has 1 aromatic heterocycles. The third-order valence-corrected chi connectivity index (χ3v) is 3.77. The molecule has 110 valence electrons. The van der Waals surface area contributed by atoms with Crippen molar-refractivity contribution in [2.24, 2.45) is 0 Å². The van der Waals surface area contributed by atoms with Gasteiger partial charge in [0.15, 0.2) is 0 Å². The van der Waals surface area contributed by atoms with Gasteiger partial charge >= 0.3 is 0 Å². The summed E-state index contributed by atoms with van der Waals surface area (Å²) in [6.45, 7) is 1.25. The molecule has 2 heterocycles. The molecule has 1 fully saturated rings.